The zero-order valence-electron chi connectivity index (χ0n) is 18.0. The van der Waals surface area contributed by atoms with Crippen molar-refractivity contribution >= 4 is 27.6 Å². The third-order valence-electron chi connectivity index (χ3n) is 4.99. The van der Waals surface area contributed by atoms with Crippen LogP contribution >= 0.6 is 11.6 Å². The smallest absolute Gasteiger partial charge is 0.338 e. The highest BCUT2D eigenvalue weighted by molar-refractivity contribution is 7.89. The number of esters is 1. The molecule has 11 heteroatoms. The number of aromatic nitrogens is 2. The molecule has 4 rings (SSSR count). The van der Waals surface area contributed by atoms with Crippen molar-refractivity contribution < 1.29 is 27.1 Å². The Morgan fingerprint density at radius 2 is 1.82 bits per heavy atom. The summed E-state index contributed by atoms with van der Waals surface area (Å²) in [5.74, 6) is -0.331. The molecule has 0 radical (unpaired) electrons. The lowest BCUT2D eigenvalue weighted by molar-refractivity contribution is -0.0440. The molecule has 1 fully saturated rings. The van der Waals surface area contributed by atoms with Crippen molar-refractivity contribution in [2.75, 3.05) is 13.1 Å². The molecule has 1 aliphatic rings. The van der Waals surface area contributed by atoms with Crippen LogP contribution < -0.4 is 0 Å². The Kier molecular flexibility index (Phi) is 6.80. The number of nitrogens with zero attached hydrogens (tertiary/aromatic N) is 3. The highest BCUT2D eigenvalue weighted by atomic mass is 35.5. The molecule has 0 bridgehead atoms. The van der Waals surface area contributed by atoms with Gasteiger partial charge in [0, 0.05) is 18.7 Å². The first-order chi connectivity index (χ1) is 15.7. The van der Waals surface area contributed by atoms with Gasteiger partial charge in [-0.15, -0.1) is 10.2 Å². The van der Waals surface area contributed by atoms with E-state index in [9.17, 15) is 13.2 Å². The van der Waals surface area contributed by atoms with E-state index in [1.165, 1.54) is 22.5 Å². The van der Waals surface area contributed by atoms with Crippen LogP contribution in [-0.4, -0.2) is 54.2 Å². The zero-order chi connectivity index (χ0) is 23.6. The van der Waals surface area contributed by atoms with Crippen molar-refractivity contribution in [3.8, 4) is 11.5 Å². The molecule has 2 heterocycles. The zero-order valence-corrected chi connectivity index (χ0v) is 19.5. The number of benzene rings is 2. The van der Waals surface area contributed by atoms with Crippen LogP contribution in [0.5, 0.6) is 0 Å². The average Bonchev–Trinajstić information content (AvgIpc) is 3.27. The fraction of sp³-hybridized carbons (Fsp3) is 0.318. The third kappa shape index (κ3) is 5.25. The van der Waals surface area contributed by atoms with Gasteiger partial charge < -0.3 is 13.9 Å². The van der Waals surface area contributed by atoms with Crippen molar-refractivity contribution in [1.29, 1.82) is 0 Å². The lowest BCUT2D eigenvalue weighted by atomic mass is 10.2. The van der Waals surface area contributed by atoms with Gasteiger partial charge in [-0.1, -0.05) is 29.8 Å². The maximum Gasteiger partial charge on any atom is 0.338 e. The van der Waals surface area contributed by atoms with E-state index in [4.69, 9.17) is 25.5 Å². The van der Waals surface area contributed by atoms with Gasteiger partial charge in [-0.2, -0.15) is 4.31 Å². The highest BCUT2D eigenvalue weighted by Gasteiger charge is 2.34. The van der Waals surface area contributed by atoms with Crippen LogP contribution in [0.15, 0.2) is 57.8 Å². The summed E-state index contributed by atoms with van der Waals surface area (Å²) in [6.45, 7) is 3.72. The van der Waals surface area contributed by atoms with Crippen molar-refractivity contribution in [1.82, 2.24) is 14.5 Å². The molecule has 3 aromatic rings. The third-order valence-corrected chi connectivity index (χ3v) is 7.30. The first-order valence-corrected chi connectivity index (χ1v) is 12.1. The van der Waals surface area contributed by atoms with Crippen LogP contribution in [0.2, 0.25) is 5.02 Å². The first kappa shape index (κ1) is 23.4. The molecule has 0 aliphatic carbocycles. The molecule has 1 aliphatic heterocycles. The molecule has 2 atom stereocenters. The Bertz CT molecular complexity index is 1240. The minimum atomic E-state index is -3.94. The molecular formula is C22H22ClN3O6S. The molecule has 1 saturated heterocycles. The van der Waals surface area contributed by atoms with Crippen LogP contribution in [0.3, 0.4) is 0 Å². The largest absolute Gasteiger partial charge is 0.452 e. The predicted octanol–water partition coefficient (Wildman–Crippen LogP) is 3.54. The summed E-state index contributed by atoms with van der Waals surface area (Å²) in [5, 5.41) is 7.83. The number of sulfonamides is 1. The maximum atomic E-state index is 13.2. The average molecular weight is 492 g/mol. The van der Waals surface area contributed by atoms with Crippen molar-refractivity contribution in [2.24, 2.45) is 0 Å². The summed E-state index contributed by atoms with van der Waals surface area (Å²) >= 11 is 6.19. The van der Waals surface area contributed by atoms with Gasteiger partial charge in [0.2, 0.25) is 15.9 Å². The van der Waals surface area contributed by atoms with E-state index >= 15 is 0 Å². The molecule has 0 amide bonds. The molecule has 0 spiro atoms. The Labute approximate surface area is 196 Å². The van der Waals surface area contributed by atoms with E-state index in [2.05, 4.69) is 10.2 Å². The lowest BCUT2D eigenvalue weighted by Gasteiger charge is -2.34. The Balaban J connectivity index is 1.48. The van der Waals surface area contributed by atoms with Crippen molar-refractivity contribution in [3.63, 3.8) is 0 Å². The molecular weight excluding hydrogens is 470 g/mol. The van der Waals surface area contributed by atoms with Crippen LogP contribution in [0.1, 0.15) is 30.1 Å². The maximum absolute atomic E-state index is 13.2. The summed E-state index contributed by atoms with van der Waals surface area (Å²) in [6.07, 6.45) is -0.517. The standard InChI is InChI=1S/C22H22ClN3O6S/c1-14-11-26(12-15(2)31-14)33(28,29)19-10-17(8-9-18(19)23)22(27)30-13-20-24-25-21(32-20)16-6-4-3-5-7-16/h3-10,14-15H,11-13H2,1-2H3/t14-,15+. The van der Waals surface area contributed by atoms with Gasteiger partial charge in [0.1, 0.15) is 4.90 Å². The van der Waals surface area contributed by atoms with Gasteiger partial charge in [-0.25, -0.2) is 13.2 Å². The summed E-state index contributed by atoms with van der Waals surface area (Å²) in [5.41, 5.74) is 0.775. The highest BCUT2D eigenvalue weighted by Crippen LogP contribution is 2.28. The summed E-state index contributed by atoms with van der Waals surface area (Å²) in [6, 6.07) is 13.1. The second-order valence-corrected chi connectivity index (χ2v) is 9.98. The first-order valence-electron chi connectivity index (χ1n) is 10.2. The fourth-order valence-electron chi connectivity index (χ4n) is 3.51. The molecule has 1 aromatic heterocycles. The van der Waals surface area contributed by atoms with E-state index in [-0.39, 0.29) is 53.3 Å². The number of carbonyl (C=O) groups is 1. The molecule has 0 N–H and O–H groups in total. The quantitative estimate of drug-likeness (QED) is 0.481. The van der Waals surface area contributed by atoms with E-state index in [1.54, 1.807) is 13.8 Å². The van der Waals surface area contributed by atoms with E-state index in [0.717, 1.165) is 5.56 Å². The minimum absolute atomic E-state index is 0.0164. The SMILES string of the molecule is C[C@@H]1CN(S(=O)(=O)c2cc(C(=O)OCc3nnc(-c4ccccc4)o3)ccc2Cl)C[C@H](C)O1. The van der Waals surface area contributed by atoms with Crippen molar-refractivity contribution in [2.45, 2.75) is 37.6 Å². The van der Waals surface area contributed by atoms with E-state index in [1.807, 2.05) is 30.3 Å². The summed E-state index contributed by atoms with van der Waals surface area (Å²) < 4.78 is 44.1. The van der Waals surface area contributed by atoms with Crippen LogP contribution in [0, 0.1) is 0 Å². The molecule has 174 valence electrons. The number of hydrogen-bond acceptors (Lipinski definition) is 8. The molecule has 0 unspecified atom stereocenters. The Morgan fingerprint density at radius 1 is 1.12 bits per heavy atom. The summed E-state index contributed by atoms with van der Waals surface area (Å²) in [7, 11) is -3.94. The van der Waals surface area contributed by atoms with Crippen LogP contribution in [-0.2, 0) is 26.1 Å². The number of ether oxygens (including phenoxy) is 2. The van der Waals surface area contributed by atoms with E-state index < -0.39 is 16.0 Å². The fourth-order valence-corrected chi connectivity index (χ4v) is 5.60. The molecule has 33 heavy (non-hydrogen) atoms. The van der Waals surface area contributed by atoms with Gasteiger partial charge in [0.25, 0.3) is 5.89 Å². The Morgan fingerprint density at radius 3 is 2.52 bits per heavy atom. The minimum Gasteiger partial charge on any atom is -0.452 e. The number of morpholine rings is 1. The number of carbonyl (C=O) groups excluding carboxylic acids is 1. The topological polar surface area (TPSA) is 112 Å². The second kappa shape index (κ2) is 9.60. The molecule has 2 aromatic carbocycles. The van der Waals surface area contributed by atoms with Crippen LogP contribution in [0.4, 0.5) is 0 Å². The van der Waals surface area contributed by atoms with Gasteiger partial charge in [-0.3, -0.25) is 0 Å². The van der Waals surface area contributed by atoms with E-state index in [0.29, 0.717) is 5.89 Å². The molecule has 9 nitrogen and oxygen atoms in total. The summed E-state index contributed by atoms with van der Waals surface area (Å²) in [4.78, 5) is 12.4. The second-order valence-electron chi connectivity index (χ2n) is 7.67. The van der Waals surface area contributed by atoms with Crippen molar-refractivity contribution in [3.05, 3.63) is 65.0 Å². The number of hydrogen-bond donors (Lipinski definition) is 0. The number of rotatable bonds is 6. The van der Waals surface area contributed by atoms with Gasteiger partial charge in [0.15, 0.2) is 6.61 Å². The Hall–Kier alpha value is -2.79. The predicted molar refractivity (Wildman–Crippen MR) is 119 cm³/mol. The number of halogens is 1. The van der Waals surface area contributed by atoms with Gasteiger partial charge in [-0.05, 0) is 44.2 Å². The normalized spacial score (nSPS) is 19.4. The van der Waals surface area contributed by atoms with Gasteiger partial charge in [0.05, 0.1) is 22.8 Å². The van der Waals surface area contributed by atoms with Gasteiger partial charge >= 0.3 is 5.97 Å². The molecule has 0 saturated carbocycles. The van der Waals surface area contributed by atoms with Crippen LogP contribution in [0.25, 0.3) is 11.5 Å². The monoisotopic (exact) mass is 491 g/mol. The lowest BCUT2D eigenvalue weighted by Crippen LogP contribution is -2.48.